The molecule has 96 valence electrons. The van der Waals surface area contributed by atoms with Crippen LogP contribution in [0.5, 0.6) is 0 Å². The molecular formula is C13H17N3OS. The summed E-state index contributed by atoms with van der Waals surface area (Å²) >= 11 is 5.39. The fourth-order valence-corrected chi connectivity index (χ4v) is 2.83. The minimum absolute atomic E-state index is 0.112. The van der Waals surface area contributed by atoms with Crippen molar-refractivity contribution in [1.82, 2.24) is 14.5 Å². The number of hydrogen-bond donors (Lipinski definition) is 1. The van der Waals surface area contributed by atoms with E-state index in [4.69, 9.17) is 17.0 Å². The molecule has 0 aliphatic carbocycles. The van der Waals surface area contributed by atoms with E-state index >= 15 is 0 Å². The first-order valence-electron chi connectivity index (χ1n) is 6.28. The molecule has 0 aromatic carbocycles. The monoisotopic (exact) mass is 263 g/mol. The number of nitrogens with zero attached hydrogens (tertiary/aromatic N) is 2. The molecule has 1 aliphatic heterocycles. The van der Waals surface area contributed by atoms with E-state index in [0.717, 1.165) is 47.6 Å². The van der Waals surface area contributed by atoms with E-state index in [1.807, 2.05) is 19.1 Å². The van der Waals surface area contributed by atoms with Crippen molar-refractivity contribution in [3.05, 3.63) is 22.6 Å². The molecular weight excluding hydrogens is 246 g/mol. The molecule has 5 heteroatoms. The Morgan fingerprint density at radius 2 is 2.39 bits per heavy atom. The highest BCUT2D eigenvalue weighted by Gasteiger charge is 2.31. The molecule has 3 heterocycles. The van der Waals surface area contributed by atoms with Crippen molar-refractivity contribution in [2.24, 2.45) is 0 Å². The van der Waals surface area contributed by atoms with Crippen molar-refractivity contribution in [2.45, 2.75) is 38.8 Å². The van der Waals surface area contributed by atoms with Crippen LogP contribution in [0.3, 0.4) is 0 Å². The van der Waals surface area contributed by atoms with Crippen LogP contribution < -0.4 is 0 Å². The predicted octanol–water partition coefficient (Wildman–Crippen LogP) is 2.97. The van der Waals surface area contributed by atoms with Crippen molar-refractivity contribution in [2.75, 3.05) is 6.61 Å². The zero-order chi connectivity index (χ0) is 12.8. The molecule has 1 unspecified atom stereocenters. The van der Waals surface area contributed by atoms with E-state index in [1.54, 1.807) is 0 Å². The summed E-state index contributed by atoms with van der Waals surface area (Å²) < 4.78 is 8.62. The first-order valence-corrected chi connectivity index (χ1v) is 6.68. The van der Waals surface area contributed by atoms with E-state index in [2.05, 4.69) is 21.5 Å². The van der Waals surface area contributed by atoms with Crippen LogP contribution in [-0.4, -0.2) is 26.7 Å². The van der Waals surface area contributed by atoms with Crippen LogP contribution in [0.15, 0.2) is 12.1 Å². The second-order valence-corrected chi connectivity index (χ2v) is 5.63. The first kappa shape index (κ1) is 11.9. The Hall–Kier alpha value is -1.20. The van der Waals surface area contributed by atoms with Crippen LogP contribution >= 0.6 is 12.2 Å². The van der Waals surface area contributed by atoms with Gasteiger partial charge in [0.2, 0.25) is 0 Å². The van der Waals surface area contributed by atoms with Crippen molar-refractivity contribution in [1.29, 1.82) is 0 Å². The summed E-state index contributed by atoms with van der Waals surface area (Å²) in [5.41, 5.74) is 2.81. The third-order valence-corrected chi connectivity index (χ3v) is 3.87. The normalized spacial score (nSPS) is 23.9. The maximum atomic E-state index is 5.84. The van der Waals surface area contributed by atoms with Gasteiger partial charge in [0.05, 0.1) is 17.7 Å². The van der Waals surface area contributed by atoms with E-state index in [-0.39, 0.29) is 5.60 Å². The lowest BCUT2D eigenvalue weighted by Gasteiger charge is -2.23. The second-order valence-electron chi connectivity index (χ2n) is 5.24. The Labute approximate surface area is 111 Å². The Bertz CT molecular complexity index is 637. The van der Waals surface area contributed by atoms with Crippen LogP contribution in [0, 0.1) is 11.7 Å². The third-order valence-electron chi connectivity index (χ3n) is 3.55. The molecule has 0 spiro atoms. The van der Waals surface area contributed by atoms with Gasteiger partial charge in [-0.25, -0.2) is 4.98 Å². The summed E-state index contributed by atoms with van der Waals surface area (Å²) in [5, 5.41) is 0. The number of fused-ring (bicyclic) bond motifs is 1. The lowest BCUT2D eigenvalue weighted by atomic mass is 10.0. The molecule has 18 heavy (non-hydrogen) atoms. The molecule has 4 nitrogen and oxygen atoms in total. The minimum Gasteiger partial charge on any atom is -0.373 e. The summed E-state index contributed by atoms with van der Waals surface area (Å²) in [5.74, 6) is 0. The molecule has 1 N–H and O–H groups in total. The maximum absolute atomic E-state index is 5.84. The molecule has 2 aromatic rings. The number of aryl methyl sites for hydroxylation is 1. The van der Waals surface area contributed by atoms with Crippen LogP contribution in [0.1, 0.15) is 25.5 Å². The number of pyridine rings is 1. The standard InChI is InChI=1S/C13H17N3OS/c1-9-4-5-10-11(14-9)16(12(18)15-10)8-13(2)6-3-7-17-13/h4-5H,3,6-8H2,1-2H3,(H,15,18). The maximum Gasteiger partial charge on any atom is 0.179 e. The number of hydrogen-bond acceptors (Lipinski definition) is 3. The van der Waals surface area contributed by atoms with Gasteiger partial charge in [-0.1, -0.05) is 0 Å². The van der Waals surface area contributed by atoms with Gasteiger partial charge in [0.25, 0.3) is 0 Å². The zero-order valence-electron chi connectivity index (χ0n) is 10.7. The second kappa shape index (κ2) is 4.17. The summed E-state index contributed by atoms with van der Waals surface area (Å²) in [6, 6.07) is 4.02. The predicted molar refractivity (Wildman–Crippen MR) is 73.2 cm³/mol. The van der Waals surface area contributed by atoms with Crippen LogP contribution in [0.2, 0.25) is 0 Å². The molecule has 1 atom stereocenters. The number of H-pyrrole nitrogens is 1. The molecule has 0 amide bonds. The summed E-state index contributed by atoms with van der Waals surface area (Å²) in [4.78, 5) is 7.78. The molecule has 3 rings (SSSR count). The number of rotatable bonds is 2. The van der Waals surface area contributed by atoms with Gasteiger partial charge in [-0.3, -0.25) is 4.57 Å². The molecule has 0 saturated carbocycles. The van der Waals surface area contributed by atoms with Crippen molar-refractivity contribution >= 4 is 23.4 Å². The van der Waals surface area contributed by atoms with Crippen LogP contribution in [-0.2, 0) is 11.3 Å². The minimum atomic E-state index is -0.112. The highest BCUT2D eigenvalue weighted by molar-refractivity contribution is 7.71. The molecule has 1 aliphatic rings. The average Bonchev–Trinajstić information content (AvgIpc) is 2.86. The fourth-order valence-electron chi connectivity index (χ4n) is 2.57. The number of aromatic amines is 1. The zero-order valence-corrected chi connectivity index (χ0v) is 11.5. The lowest BCUT2D eigenvalue weighted by Crippen LogP contribution is -2.29. The largest absolute Gasteiger partial charge is 0.373 e. The molecule has 0 bridgehead atoms. The quantitative estimate of drug-likeness (QED) is 0.847. The number of nitrogens with one attached hydrogen (secondary N) is 1. The van der Waals surface area contributed by atoms with Crippen molar-refractivity contribution in [3.8, 4) is 0 Å². The van der Waals surface area contributed by atoms with E-state index in [0.29, 0.717) is 0 Å². The lowest BCUT2D eigenvalue weighted by molar-refractivity contribution is 0.00668. The van der Waals surface area contributed by atoms with E-state index < -0.39 is 0 Å². The smallest absolute Gasteiger partial charge is 0.179 e. The summed E-state index contributed by atoms with van der Waals surface area (Å²) in [6.07, 6.45) is 2.20. The van der Waals surface area contributed by atoms with Gasteiger partial charge in [0.15, 0.2) is 10.4 Å². The van der Waals surface area contributed by atoms with Crippen molar-refractivity contribution in [3.63, 3.8) is 0 Å². The van der Waals surface area contributed by atoms with Gasteiger partial charge < -0.3 is 9.72 Å². The highest BCUT2D eigenvalue weighted by atomic mass is 32.1. The van der Waals surface area contributed by atoms with Gasteiger partial charge in [-0.2, -0.15) is 0 Å². The van der Waals surface area contributed by atoms with Gasteiger partial charge >= 0.3 is 0 Å². The summed E-state index contributed by atoms with van der Waals surface area (Å²) in [7, 11) is 0. The van der Waals surface area contributed by atoms with Crippen LogP contribution in [0.4, 0.5) is 0 Å². The average molecular weight is 263 g/mol. The topological polar surface area (TPSA) is 42.8 Å². The van der Waals surface area contributed by atoms with Crippen LogP contribution in [0.25, 0.3) is 11.2 Å². The van der Waals surface area contributed by atoms with Crippen molar-refractivity contribution < 1.29 is 4.74 Å². The third kappa shape index (κ3) is 1.97. The van der Waals surface area contributed by atoms with Gasteiger partial charge in [0.1, 0.15) is 0 Å². The van der Waals surface area contributed by atoms with E-state index in [1.165, 1.54) is 0 Å². The number of aromatic nitrogens is 3. The van der Waals surface area contributed by atoms with Gasteiger partial charge in [-0.05, 0) is 51.0 Å². The Kier molecular flexibility index (Phi) is 2.75. The highest BCUT2D eigenvalue weighted by Crippen LogP contribution is 2.28. The number of ether oxygens (including phenoxy) is 1. The molecule has 0 radical (unpaired) electrons. The SMILES string of the molecule is Cc1ccc2[nH]c(=S)n(CC3(C)CCCO3)c2n1. The summed E-state index contributed by atoms with van der Waals surface area (Å²) in [6.45, 7) is 5.75. The van der Waals surface area contributed by atoms with Gasteiger partial charge in [-0.15, -0.1) is 0 Å². The molecule has 1 fully saturated rings. The fraction of sp³-hybridized carbons (Fsp3) is 0.538. The van der Waals surface area contributed by atoms with Gasteiger partial charge in [0, 0.05) is 12.3 Å². The molecule has 1 saturated heterocycles. The first-order chi connectivity index (χ1) is 8.57. The van der Waals surface area contributed by atoms with E-state index in [9.17, 15) is 0 Å². The Morgan fingerprint density at radius 1 is 1.56 bits per heavy atom. The number of imidazole rings is 1. The molecule has 2 aromatic heterocycles. The Morgan fingerprint density at radius 3 is 3.11 bits per heavy atom. The Balaban J connectivity index is 2.08.